The van der Waals surface area contributed by atoms with Gasteiger partial charge in [-0.05, 0) is 81.7 Å². The van der Waals surface area contributed by atoms with Crippen molar-refractivity contribution in [1.82, 2.24) is 14.8 Å². The van der Waals surface area contributed by atoms with Crippen LogP contribution in [0.5, 0.6) is 0 Å². The summed E-state index contributed by atoms with van der Waals surface area (Å²) in [5, 5.41) is 11.3. The molecule has 0 bridgehead atoms. The van der Waals surface area contributed by atoms with Crippen molar-refractivity contribution in [3.05, 3.63) is 96.6 Å². The Bertz CT molecular complexity index is 1220. The number of hydrogen-bond acceptors (Lipinski definition) is 4. The highest BCUT2D eigenvalue weighted by Gasteiger charge is 2.34. The van der Waals surface area contributed by atoms with Gasteiger partial charge < -0.3 is 10.1 Å². The van der Waals surface area contributed by atoms with Crippen molar-refractivity contribution in [2.75, 3.05) is 26.2 Å². The smallest absolute Gasteiger partial charge is 0.227 e. The number of nitrogens with zero attached hydrogens (tertiary/aromatic N) is 4. The maximum atomic E-state index is 12.9. The Morgan fingerprint density at radius 2 is 1.74 bits per heavy atom. The van der Waals surface area contributed by atoms with Gasteiger partial charge >= 0.3 is 0 Å². The van der Waals surface area contributed by atoms with E-state index in [1.807, 2.05) is 11.1 Å². The molecule has 0 spiro atoms. The van der Waals surface area contributed by atoms with Crippen LogP contribution in [-0.4, -0.2) is 46.9 Å². The number of rotatable bonds is 3. The number of carbonyl (C=O) groups is 1. The van der Waals surface area contributed by atoms with E-state index in [1.54, 1.807) is 12.1 Å². The summed E-state index contributed by atoms with van der Waals surface area (Å²) < 4.78 is 2.86. The standard InChI is InChI=1S/C26H26Br2N4O2/c1-17-12-21(27)14-19-2-3-20-15-22(28)16-29-25(20)26(24(17)19)31-10-8-30(9-11-31)23(33)13-18-4-6-32(34)7-5-18/h4-7,12,14-16,26H,2-3,8-11,13H2,1H3. The summed E-state index contributed by atoms with van der Waals surface area (Å²) >= 11 is 7.29. The quantitative estimate of drug-likeness (QED) is 0.343. The highest BCUT2D eigenvalue weighted by atomic mass is 79.9. The van der Waals surface area contributed by atoms with Crippen LogP contribution in [0.25, 0.3) is 0 Å². The first-order chi connectivity index (χ1) is 16.4. The molecule has 0 N–H and O–H groups in total. The van der Waals surface area contributed by atoms with Gasteiger partial charge in [0.15, 0.2) is 12.4 Å². The summed E-state index contributed by atoms with van der Waals surface area (Å²) in [6, 6.07) is 10.2. The molecule has 0 saturated carbocycles. The first-order valence-electron chi connectivity index (χ1n) is 11.5. The van der Waals surface area contributed by atoms with Gasteiger partial charge in [0, 0.05) is 53.5 Å². The lowest BCUT2D eigenvalue weighted by Crippen LogP contribution is -2.50. The van der Waals surface area contributed by atoms with E-state index in [9.17, 15) is 10.0 Å². The largest absolute Gasteiger partial charge is 0.619 e. The van der Waals surface area contributed by atoms with Gasteiger partial charge in [0.05, 0.1) is 18.2 Å². The Morgan fingerprint density at radius 1 is 1.06 bits per heavy atom. The van der Waals surface area contributed by atoms with Crippen molar-refractivity contribution < 1.29 is 9.52 Å². The number of fused-ring (bicyclic) bond motifs is 2. The molecule has 3 heterocycles. The minimum absolute atomic E-state index is 0.0765. The van der Waals surface area contributed by atoms with Crippen LogP contribution in [0.2, 0.25) is 0 Å². The molecule has 1 aliphatic carbocycles. The molecule has 6 nitrogen and oxygen atoms in total. The molecule has 2 aromatic heterocycles. The van der Waals surface area contributed by atoms with E-state index < -0.39 is 0 Å². The SMILES string of the molecule is Cc1cc(Br)cc2c1C(N1CCN(C(=O)Cc3cc[n+]([O-])cc3)CC1)c1ncc(Br)cc1CC2. The molecule has 176 valence electrons. The molecule has 1 aliphatic heterocycles. The molecular weight excluding hydrogens is 560 g/mol. The van der Waals surface area contributed by atoms with Crippen LogP contribution in [0, 0.1) is 12.1 Å². The molecule has 1 saturated heterocycles. The van der Waals surface area contributed by atoms with Crippen molar-refractivity contribution in [2.45, 2.75) is 32.2 Å². The number of carbonyl (C=O) groups excluding carboxylic acids is 1. The van der Waals surface area contributed by atoms with Crippen LogP contribution < -0.4 is 4.73 Å². The van der Waals surface area contributed by atoms with Gasteiger partial charge in [-0.25, -0.2) is 0 Å². The fourth-order valence-electron chi connectivity index (χ4n) is 5.20. The molecule has 5 rings (SSSR count). The van der Waals surface area contributed by atoms with E-state index in [-0.39, 0.29) is 11.9 Å². The zero-order chi connectivity index (χ0) is 23.8. The van der Waals surface area contributed by atoms with Crippen LogP contribution in [0.15, 0.2) is 57.9 Å². The number of hydrogen-bond donors (Lipinski definition) is 0. The number of pyridine rings is 2. The van der Waals surface area contributed by atoms with Gasteiger partial charge in [0.1, 0.15) is 0 Å². The summed E-state index contributed by atoms with van der Waals surface area (Å²) in [6.07, 6.45) is 7.03. The number of aryl methyl sites for hydroxylation is 3. The maximum Gasteiger partial charge on any atom is 0.227 e. The Hall–Kier alpha value is -2.29. The van der Waals surface area contributed by atoms with Gasteiger partial charge in [-0.1, -0.05) is 15.9 Å². The third-order valence-corrected chi connectivity index (χ3v) is 7.75. The fraction of sp³-hybridized carbons (Fsp3) is 0.346. The zero-order valence-corrected chi connectivity index (χ0v) is 22.2. The van der Waals surface area contributed by atoms with Gasteiger partial charge in [-0.15, -0.1) is 0 Å². The molecule has 1 unspecified atom stereocenters. The first kappa shape index (κ1) is 23.5. The molecule has 34 heavy (non-hydrogen) atoms. The van der Waals surface area contributed by atoms with Gasteiger partial charge in [0.25, 0.3) is 0 Å². The molecule has 3 aromatic rings. The van der Waals surface area contributed by atoms with Crippen LogP contribution in [0.1, 0.15) is 39.6 Å². The highest BCUT2D eigenvalue weighted by molar-refractivity contribution is 9.10. The Balaban J connectivity index is 1.40. The third kappa shape index (κ3) is 4.76. The molecule has 0 radical (unpaired) electrons. The summed E-state index contributed by atoms with van der Waals surface area (Å²) in [5.74, 6) is 0.104. The average molecular weight is 586 g/mol. The topological polar surface area (TPSA) is 63.4 Å². The average Bonchev–Trinajstić information content (AvgIpc) is 2.97. The van der Waals surface area contributed by atoms with Crippen LogP contribution >= 0.6 is 31.9 Å². The van der Waals surface area contributed by atoms with E-state index in [2.05, 4.69) is 61.9 Å². The first-order valence-corrected chi connectivity index (χ1v) is 13.1. The van der Waals surface area contributed by atoms with Crippen molar-refractivity contribution in [1.29, 1.82) is 0 Å². The van der Waals surface area contributed by atoms with E-state index in [0.29, 0.717) is 19.5 Å². The van der Waals surface area contributed by atoms with Crippen LogP contribution in [0.3, 0.4) is 0 Å². The number of amides is 1. The monoisotopic (exact) mass is 584 g/mol. The maximum absolute atomic E-state index is 12.9. The summed E-state index contributed by atoms with van der Waals surface area (Å²) in [7, 11) is 0. The van der Waals surface area contributed by atoms with Crippen LogP contribution in [-0.2, 0) is 24.1 Å². The van der Waals surface area contributed by atoms with E-state index in [4.69, 9.17) is 4.98 Å². The van der Waals surface area contributed by atoms with E-state index in [0.717, 1.165) is 50.9 Å². The number of benzene rings is 1. The fourth-order valence-corrected chi connectivity index (χ4v) is 6.20. The minimum atomic E-state index is 0.0765. The zero-order valence-electron chi connectivity index (χ0n) is 19.0. The van der Waals surface area contributed by atoms with Gasteiger partial charge in [0.2, 0.25) is 5.91 Å². The lowest BCUT2D eigenvalue weighted by molar-refractivity contribution is -0.605. The van der Waals surface area contributed by atoms with Crippen molar-refractivity contribution in [3.63, 3.8) is 0 Å². The molecular formula is C26H26Br2N4O2. The lowest BCUT2D eigenvalue weighted by Gasteiger charge is -2.40. The predicted octanol–water partition coefficient (Wildman–Crippen LogP) is 4.12. The molecule has 1 aromatic carbocycles. The minimum Gasteiger partial charge on any atom is -0.619 e. The third-order valence-electron chi connectivity index (χ3n) is 6.86. The molecule has 1 amide bonds. The summed E-state index contributed by atoms with van der Waals surface area (Å²) in [6.45, 7) is 5.13. The second kappa shape index (κ2) is 9.76. The van der Waals surface area contributed by atoms with Crippen molar-refractivity contribution in [2.24, 2.45) is 0 Å². The van der Waals surface area contributed by atoms with Crippen LogP contribution in [0.4, 0.5) is 0 Å². The molecule has 8 heteroatoms. The Kier molecular flexibility index (Phi) is 6.73. The number of piperazine rings is 1. The molecule has 2 aliphatic rings. The molecule has 1 atom stereocenters. The predicted molar refractivity (Wildman–Crippen MR) is 137 cm³/mol. The van der Waals surface area contributed by atoms with Gasteiger partial charge in [-0.2, -0.15) is 4.73 Å². The number of aromatic nitrogens is 2. The Morgan fingerprint density at radius 3 is 2.47 bits per heavy atom. The second-order valence-electron chi connectivity index (χ2n) is 9.06. The van der Waals surface area contributed by atoms with Crippen molar-refractivity contribution in [3.8, 4) is 0 Å². The van der Waals surface area contributed by atoms with E-state index >= 15 is 0 Å². The highest BCUT2D eigenvalue weighted by Crippen LogP contribution is 2.39. The number of halogens is 2. The van der Waals surface area contributed by atoms with E-state index in [1.165, 1.54) is 34.6 Å². The summed E-state index contributed by atoms with van der Waals surface area (Å²) in [4.78, 5) is 22.2. The second-order valence-corrected chi connectivity index (χ2v) is 10.9. The van der Waals surface area contributed by atoms with Gasteiger partial charge in [-0.3, -0.25) is 14.7 Å². The normalized spacial score (nSPS) is 18.2. The summed E-state index contributed by atoms with van der Waals surface area (Å²) in [5.41, 5.74) is 7.26. The lowest BCUT2D eigenvalue weighted by atomic mass is 9.92. The molecule has 1 fully saturated rings. The Labute approximate surface area is 216 Å². The van der Waals surface area contributed by atoms with Crippen molar-refractivity contribution >= 4 is 37.8 Å².